The van der Waals surface area contributed by atoms with E-state index in [2.05, 4.69) is 31.3 Å². The smallest absolute Gasteiger partial charge is 0.251 e. The third kappa shape index (κ3) is 3.45. The van der Waals surface area contributed by atoms with E-state index in [1.165, 1.54) is 17.5 Å². The van der Waals surface area contributed by atoms with Crippen molar-refractivity contribution in [2.75, 3.05) is 7.11 Å². The summed E-state index contributed by atoms with van der Waals surface area (Å²) in [6.07, 6.45) is 3.42. The van der Waals surface area contributed by atoms with E-state index in [1.807, 2.05) is 30.3 Å². The van der Waals surface area contributed by atoms with Gasteiger partial charge in [0.1, 0.15) is 5.75 Å². The highest BCUT2D eigenvalue weighted by Gasteiger charge is 2.20. The van der Waals surface area contributed by atoms with Gasteiger partial charge in [-0.2, -0.15) is 0 Å². The van der Waals surface area contributed by atoms with E-state index in [-0.39, 0.29) is 11.9 Å². The van der Waals surface area contributed by atoms with Crippen LogP contribution in [0, 0.1) is 5.92 Å². The summed E-state index contributed by atoms with van der Waals surface area (Å²) in [5, 5.41) is 3.20. The minimum absolute atomic E-state index is 0.000724. The van der Waals surface area contributed by atoms with Crippen molar-refractivity contribution < 1.29 is 9.53 Å². The largest absolute Gasteiger partial charge is 0.497 e. The fourth-order valence-corrected chi connectivity index (χ4v) is 3.38. The summed E-state index contributed by atoms with van der Waals surface area (Å²) in [5.41, 5.74) is 4.57. The molecule has 0 aliphatic heterocycles. The van der Waals surface area contributed by atoms with Crippen molar-refractivity contribution in [1.82, 2.24) is 5.32 Å². The van der Waals surface area contributed by atoms with Crippen LogP contribution < -0.4 is 10.1 Å². The van der Waals surface area contributed by atoms with Gasteiger partial charge in [-0.05, 0) is 66.1 Å². The lowest BCUT2D eigenvalue weighted by Gasteiger charge is -2.23. The number of hydrogen-bond acceptors (Lipinski definition) is 2. The maximum Gasteiger partial charge on any atom is 0.251 e. The van der Waals surface area contributed by atoms with Gasteiger partial charge in [-0.25, -0.2) is 0 Å². The normalized spacial score (nSPS) is 14.3. The summed E-state index contributed by atoms with van der Waals surface area (Å²) in [4.78, 5) is 12.7. The molecule has 1 atom stereocenters. The number of benzene rings is 2. The van der Waals surface area contributed by atoms with E-state index in [9.17, 15) is 4.79 Å². The van der Waals surface area contributed by atoms with E-state index in [1.54, 1.807) is 7.11 Å². The van der Waals surface area contributed by atoms with Gasteiger partial charge in [0, 0.05) is 5.56 Å². The van der Waals surface area contributed by atoms with Crippen LogP contribution in [0.25, 0.3) is 0 Å². The fourth-order valence-electron chi connectivity index (χ4n) is 3.38. The zero-order chi connectivity index (χ0) is 17.1. The summed E-state index contributed by atoms with van der Waals surface area (Å²) in [7, 11) is 1.66. The standard InChI is InChI=1S/C21H25NO2/c1-14(2)20(16-9-11-19(24-3)12-10-16)22-21(23)18-8-7-15-5-4-6-17(15)13-18/h7-14,20H,4-6H2,1-3H3,(H,22,23). The zero-order valence-electron chi connectivity index (χ0n) is 14.6. The van der Waals surface area contributed by atoms with Crippen LogP contribution in [0.2, 0.25) is 0 Å². The van der Waals surface area contributed by atoms with Gasteiger partial charge in [-0.15, -0.1) is 0 Å². The first-order valence-electron chi connectivity index (χ1n) is 8.65. The number of nitrogens with one attached hydrogen (secondary N) is 1. The molecule has 2 aromatic carbocycles. The molecular formula is C21H25NO2. The Bertz CT molecular complexity index is 719. The minimum atomic E-state index is -0.0170. The van der Waals surface area contributed by atoms with Crippen molar-refractivity contribution in [1.29, 1.82) is 0 Å². The Morgan fingerprint density at radius 3 is 2.42 bits per heavy atom. The first kappa shape index (κ1) is 16.6. The van der Waals surface area contributed by atoms with Gasteiger partial charge in [0.15, 0.2) is 0 Å². The lowest BCUT2D eigenvalue weighted by molar-refractivity contribution is 0.0925. The average Bonchev–Trinajstić information content (AvgIpc) is 3.07. The second kappa shape index (κ2) is 7.08. The zero-order valence-corrected chi connectivity index (χ0v) is 14.6. The second-order valence-electron chi connectivity index (χ2n) is 6.81. The number of ether oxygens (including phenoxy) is 1. The third-order valence-electron chi connectivity index (χ3n) is 4.79. The lowest BCUT2D eigenvalue weighted by Crippen LogP contribution is -2.31. The number of carbonyl (C=O) groups excluding carboxylic acids is 1. The molecule has 1 unspecified atom stereocenters. The van der Waals surface area contributed by atoms with Crippen molar-refractivity contribution in [3.63, 3.8) is 0 Å². The summed E-state index contributed by atoms with van der Waals surface area (Å²) < 4.78 is 5.22. The molecule has 2 aromatic rings. The first-order valence-corrected chi connectivity index (χ1v) is 8.65. The van der Waals surface area contributed by atoms with Gasteiger partial charge >= 0.3 is 0 Å². The molecule has 1 aliphatic rings. The fraction of sp³-hybridized carbons (Fsp3) is 0.381. The van der Waals surface area contributed by atoms with E-state index in [4.69, 9.17) is 4.74 Å². The van der Waals surface area contributed by atoms with Crippen molar-refractivity contribution in [3.05, 3.63) is 64.7 Å². The van der Waals surface area contributed by atoms with Crippen LogP contribution in [-0.2, 0) is 12.8 Å². The molecule has 3 rings (SSSR count). The number of fused-ring (bicyclic) bond motifs is 1. The monoisotopic (exact) mass is 323 g/mol. The second-order valence-corrected chi connectivity index (χ2v) is 6.81. The number of hydrogen-bond donors (Lipinski definition) is 1. The predicted molar refractivity (Wildman–Crippen MR) is 96.5 cm³/mol. The highest BCUT2D eigenvalue weighted by molar-refractivity contribution is 5.94. The molecule has 1 N–H and O–H groups in total. The van der Waals surface area contributed by atoms with Crippen molar-refractivity contribution in [2.24, 2.45) is 5.92 Å². The number of rotatable bonds is 5. The minimum Gasteiger partial charge on any atom is -0.497 e. The Morgan fingerprint density at radius 2 is 1.75 bits per heavy atom. The molecule has 126 valence electrons. The Balaban J connectivity index is 1.78. The van der Waals surface area contributed by atoms with Crippen LogP contribution in [0.5, 0.6) is 5.75 Å². The highest BCUT2D eigenvalue weighted by atomic mass is 16.5. The van der Waals surface area contributed by atoms with Crippen molar-refractivity contribution >= 4 is 5.91 Å². The molecule has 1 amide bonds. The maximum atomic E-state index is 12.7. The van der Waals surface area contributed by atoms with Gasteiger partial charge in [-0.3, -0.25) is 4.79 Å². The van der Waals surface area contributed by atoms with Crippen LogP contribution in [0.1, 0.15) is 53.4 Å². The maximum absolute atomic E-state index is 12.7. The molecule has 24 heavy (non-hydrogen) atoms. The Labute approximate surface area is 144 Å². The molecule has 1 aliphatic carbocycles. The Morgan fingerprint density at radius 1 is 1.04 bits per heavy atom. The van der Waals surface area contributed by atoms with Crippen LogP contribution in [0.3, 0.4) is 0 Å². The van der Waals surface area contributed by atoms with E-state index in [0.29, 0.717) is 5.92 Å². The Hall–Kier alpha value is -2.29. The summed E-state index contributed by atoms with van der Waals surface area (Å²) >= 11 is 0. The molecule has 3 heteroatoms. The van der Waals surface area contributed by atoms with Gasteiger partial charge in [-0.1, -0.05) is 32.0 Å². The van der Waals surface area contributed by atoms with Crippen LogP contribution in [-0.4, -0.2) is 13.0 Å². The molecule has 0 saturated carbocycles. The number of amides is 1. The molecular weight excluding hydrogens is 298 g/mol. The van der Waals surface area contributed by atoms with E-state index in [0.717, 1.165) is 29.7 Å². The molecule has 0 fully saturated rings. The summed E-state index contributed by atoms with van der Waals surface area (Å²) in [6, 6.07) is 14.0. The van der Waals surface area contributed by atoms with Gasteiger partial charge in [0.2, 0.25) is 0 Å². The van der Waals surface area contributed by atoms with Crippen LogP contribution >= 0.6 is 0 Å². The average molecular weight is 323 g/mol. The highest BCUT2D eigenvalue weighted by Crippen LogP contribution is 2.26. The molecule has 0 aromatic heterocycles. The molecule has 3 nitrogen and oxygen atoms in total. The van der Waals surface area contributed by atoms with E-state index < -0.39 is 0 Å². The molecule has 0 bridgehead atoms. The van der Waals surface area contributed by atoms with Gasteiger partial charge in [0.25, 0.3) is 5.91 Å². The molecule has 0 spiro atoms. The lowest BCUT2D eigenvalue weighted by atomic mass is 9.95. The number of aryl methyl sites for hydroxylation is 2. The molecule has 0 heterocycles. The Kier molecular flexibility index (Phi) is 4.89. The van der Waals surface area contributed by atoms with Crippen LogP contribution in [0.4, 0.5) is 0 Å². The van der Waals surface area contributed by atoms with E-state index >= 15 is 0 Å². The summed E-state index contributed by atoms with van der Waals surface area (Å²) in [6.45, 7) is 4.25. The topological polar surface area (TPSA) is 38.3 Å². The molecule has 0 saturated heterocycles. The van der Waals surface area contributed by atoms with Gasteiger partial charge in [0.05, 0.1) is 13.2 Å². The van der Waals surface area contributed by atoms with Crippen LogP contribution in [0.15, 0.2) is 42.5 Å². The van der Waals surface area contributed by atoms with Crippen molar-refractivity contribution in [2.45, 2.75) is 39.2 Å². The number of carbonyl (C=O) groups is 1. The SMILES string of the molecule is COc1ccc(C(NC(=O)c2ccc3c(c2)CCC3)C(C)C)cc1. The third-order valence-corrected chi connectivity index (χ3v) is 4.79. The summed E-state index contributed by atoms with van der Waals surface area (Å²) in [5.74, 6) is 1.13. The van der Waals surface area contributed by atoms with Crippen molar-refractivity contribution in [3.8, 4) is 5.75 Å². The first-order chi connectivity index (χ1) is 11.6. The number of methoxy groups -OCH3 is 1. The predicted octanol–water partition coefficient (Wildman–Crippen LogP) is 4.31. The van der Waals surface area contributed by atoms with Gasteiger partial charge < -0.3 is 10.1 Å². The quantitative estimate of drug-likeness (QED) is 0.890. The molecule has 0 radical (unpaired) electrons.